The summed E-state index contributed by atoms with van der Waals surface area (Å²) >= 11 is 5.93. The number of nitrogens with one attached hydrogen (secondary N) is 2. The van der Waals surface area contributed by atoms with Crippen LogP contribution in [0.2, 0.25) is 5.02 Å². The third kappa shape index (κ3) is 4.86. The van der Waals surface area contributed by atoms with Gasteiger partial charge in [-0.2, -0.15) is 4.72 Å². The minimum atomic E-state index is -3.85. The first-order valence-corrected chi connectivity index (χ1v) is 8.73. The Morgan fingerprint density at radius 2 is 2.00 bits per heavy atom. The van der Waals surface area contributed by atoms with E-state index in [1.165, 1.54) is 32.2 Å². The summed E-state index contributed by atoms with van der Waals surface area (Å²) in [5, 5.41) is 2.90. The Morgan fingerprint density at radius 3 is 2.50 bits per heavy atom. The maximum atomic E-state index is 12.3. The first-order valence-electron chi connectivity index (χ1n) is 6.87. The van der Waals surface area contributed by atoms with Crippen molar-refractivity contribution in [2.24, 2.45) is 0 Å². The molecule has 0 saturated heterocycles. The molecule has 0 heterocycles. The molecule has 1 aromatic carbocycles. The van der Waals surface area contributed by atoms with Crippen molar-refractivity contribution in [2.45, 2.75) is 44.2 Å². The van der Waals surface area contributed by atoms with Crippen LogP contribution in [0.4, 0.5) is 0 Å². The molecule has 1 aromatic rings. The lowest BCUT2D eigenvalue weighted by molar-refractivity contribution is -0.122. The zero-order valence-corrected chi connectivity index (χ0v) is 14.6. The number of amides is 1. The highest BCUT2D eigenvalue weighted by Gasteiger charge is 2.23. The lowest BCUT2D eigenvalue weighted by atomic mass is 10.2. The topological polar surface area (TPSA) is 84.5 Å². The van der Waals surface area contributed by atoms with Crippen molar-refractivity contribution in [3.05, 3.63) is 23.2 Å². The Labute approximate surface area is 136 Å². The van der Waals surface area contributed by atoms with Crippen LogP contribution in [-0.2, 0) is 14.8 Å². The molecule has 6 nitrogen and oxygen atoms in total. The van der Waals surface area contributed by atoms with E-state index in [0.29, 0.717) is 5.75 Å². The summed E-state index contributed by atoms with van der Waals surface area (Å²) in [5.74, 6) is 0.000660. The number of hydrogen-bond donors (Lipinski definition) is 2. The minimum Gasteiger partial charge on any atom is -0.495 e. The van der Waals surface area contributed by atoms with Gasteiger partial charge in [-0.05, 0) is 38.5 Å². The molecule has 0 aliphatic heterocycles. The second-order valence-electron chi connectivity index (χ2n) is 4.96. The number of carbonyl (C=O) groups is 1. The molecule has 0 saturated carbocycles. The highest BCUT2D eigenvalue weighted by atomic mass is 35.5. The molecule has 0 radical (unpaired) electrons. The third-order valence-electron chi connectivity index (χ3n) is 3.16. The molecule has 0 aliphatic carbocycles. The summed E-state index contributed by atoms with van der Waals surface area (Å²) in [6, 6.07) is 3.20. The number of sulfonamides is 1. The SMILES string of the molecule is CC[C@@H](C)NC(=O)[C@@H](C)NS(=O)(=O)c1ccc(OC)c(Cl)c1. The Morgan fingerprint density at radius 1 is 1.36 bits per heavy atom. The monoisotopic (exact) mass is 348 g/mol. The van der Waals surface area contributed by atoms with E-state index >= 15 is 0 Å². The van der Waals surface area contributed by atoms with E-state index in [4.69, 9.17) is 16.3 Å². The van der Waals surface area contributed by atoms with Crippen LogP contribution in [0, 0.1) is 0 Å². The van der Waals surface area contributed by atoms with E-state index in [9.17, 15) is 13.2 Å². The molecule has 2 atom stereocenters. The van der Waals surface area contributed by atoms with E-state index in [-0.39, 0.29) is 21.9 Å². The van der Waals surface area contributed by atoms with Crippen molar-refractivity contribution in [3.63, 3.8) is 0 Å². The summed E-state index contributed by atoms with van der Waals surface area (Å²) < 4.78 is 31.8. The van der Waals surface area contributed by atoms with Gasteiger partial charge in [-0.25, -0.2) is 8.42 Å². The molecule has 8 heteroatoms. The quantitative estimate of drug-likeness (QED) is 0.788. The normalized spacial score (nSPS) is 14.2. The largest absolute Gasteiger partial charge is 0.495 e. The van der Waals surface area contributed by atoms with Crippen molar-refractivity contribution in [1.29, 1.82) is 0 Å². The van der Waals surface area contributed by atoms with Gasteiger partial charge in [-0.1, -0.05) is 18.5 Å². The molecule has 2 N–H and O–H groups in total. The maximum absolute atomic E-state index is 12.3. The Kier molecular flexibility index (Phi) is 6.65. The number of rotatable bonds is 7. The summed E-state index contributed by atoms with van der Waals surface area (Å²) in [6.45, 7) is 5.27. The van der Waals surface area contributed by atoms with Crippen molar-refractivity contribution in [1.82, 2.24) is 10.0 Å². The average Bonchev–Trinajstić information content (AvgIpc) is 2.46. The van der Waals surface area contributed by atoms with Gasteiger partial charge in [-0.15, -0.1) is 0 Å². The number of ether oxygens (including phenoxy) is 1. The predicted octanol–water partition coefficient (Wildman–Crippen LogP) is 1.93. The fourth-order valence-electron chi connectivity index (χ4n) is 1.64. The van der Waals surface area contributed by atoms with E-state index in [2.05, 4.69) is 10.0 Å². The summed E-state index contributed by atoms with van der Waals surface area (Å²) in [5.41, 5.74) is 0. The van der Waals surface area contributed by atoms with Crippen LogP contribution < -0.4 is 14.8 Å². The lowest BCUT2D eigenvalue weighted by Gasteiger charge is -2.17. The number of hydrogen-bond acceptors (Lipinski definition) is 4. The first kappa shape index (κ1) is 18.7. The molecule has 0 aliphatic rings. The van der Waals surface area contributed by atoms with Gasteiger partial charge in [0.25, 0.3) is 0 Å². The molecular weight excluding hydrogens is 328 g/mol. The first-order chi connectivity index (χ1) is 10.2. The highest BCUT2D eigenvalue weighted by Crippen LogP contribution is 2.26. The molecule has 0 spiro atoms. The third-order valence-corrected chi connectivity index (χ3v) is 4.99. The second kappa shape index (κ2) is 7.80. The van der Waals surface area contributed by atoms with E-state index in [1.807, 2.05) is 13.8 Å². The predicted molar refractivity (Wildman–Crippen MR) is 85.7 cm³/mol. The van der Waals surface area contributed by atoms with Gasteiger partial charge in [0, 0.05) is 6.04 Å². The highest BCUT2D eigenvalue weighted by molar-refractivity contribution is 7.89. The van der Waals surface area contributed by atoms with Crippen molar-refractivity contribution in [2.75, 3.05) is 7.11 Å². The van der Waals surface area contributed by atoms with E-state index in [1.54, 1.807) is 0 Å². The molecule has 1 amide bonds. The Bertz CT molecular complexity index is 634. The average molecular weight is 349 g/mol. The van der Waals surface area contributed by atoms with E-state index < -0.39 is 16.1 Å². The van der Waals surface area contributed by atoms with Crippen LogP contribution in [0.3, 0.4) is 0 Å². The number of carbonyl (C=O) groups excluding carboxylic acids is 1. The molecular formula is C14H21ClN2O4S. The Balaban J connectivity index is 2.87. The molecule has 1 rings (SSSR count). The molecule has 22 heavy (non-hydrogen) atoms. The van der Waals surface area contributed by atoms with Gasteiger partial charge in [0.1, 0.15) is 5.75 Å². The van der Waals surface area contributed by atoms with Gasteiger partial charge in [0.15, 0.2) is 0 Å². The molecule has 0 aromatic heterocycles. The minimum absolute atomic E-state index is 0.0186. The molecule has 0 bridgehead atoms. The summed E-state index contributed by atoms with van der Waals surface area (Å²) in [6.07, 6.45) is 0.763. The van der Waals surface area contributed by atoms with Crippen molar-refractivity contribution < 1.29 is 17.9 Å². The van der Waals surface area contributed by atoms with Gasteiger partial charge in [-0.3, -0.25) is 4.79 Å². The zero-order chi connectivity index (χ0) is 16.9. The van der Waals surface area contributed by atoms with Crippen LogP contribution in [0.15, 0.2) is 23.1 Å². The van der Waals surface area contributed by atoms with Crippen molar-refractivity contribution >= 4 is 27.5 Å². The number of benzene rings is 1. The fraction of sp³-hybridized carbons (Fsp3) is 0.500. The van der Waals surface area contributed by atoms with Crippen LogP contribution in [0.5, 0.6) is 5.75 Å². The van der Waals surface area contributed by atoms with Crippen molar-refractivity contribution in [3.8, 4) is 5.75 Å². The van der Waals surface area contributed by atoms with Gasteiger partial charge < -0.3 is 10.1 Å². The fourth-order valence-corrected chi connectivity index (χ4v) is 3.19. The lowest BCUT2D eigenvalue weighted by Crippen LogP contribution is -2.47. The zero-order valence-electron chi connectivity index (χ0n) is 13.0. The molecule has 0 fully saturated rings. The van der Waals surface area contributed by atoms with E-state index in [0.717, 1.165) is 6.42 Å². The van der Waals surface area contributed by atoms with Gasteiger partial charge >= 0.3 is 0 Å². The Hall–Kier alpha value is -1.31. The number of methoxy groups -OCH3 is 1. The van der Waals surface area contributed by atoms with Crippen LogP contribution >= 0.6 is 11.6 Å². The molecule has 0 unspecified atom stereocenters. The maximum Gasteiger partial charge on any atom is 0.241 e. The summed E-state index contributed by atoms with van der Waals surface area (Å²) in [7, 11) is -2.41. The van der Waals surface area contributed by atoms with Crippen LogP contribution in [0.1, 0.15) is 27.2 Å². The molecule has 124 valence electrons. The van der Waals surface area contributed by atoms with Crippen LogP contribution in [0.25, 0.3) is 0 Å². The standard InChI is InChI=1S/C14H21ClN2O4S/c1-5-9(2)16-14(18)10(3)17-22(19,20)11-6-7-13(21-4)12(15)8-11/h6-10,17H,5H2,1-4H3,(H,16,18)/t9-,10-/m1/s1. The van der Waals surface area contributed by atoms with Gasteiger partial charge in [0.05, 0.1) is 23.1 Å². The summed E-state index contributed by atoms with van der Waals surface area (Å²) in [4.78, 5) is 11.9. The van der Waals surface area contributed by atoms with Gasteiger partial charge in [0.2, 0.25) is 15.9 Å². The smallest absolute Gasteiger partial charge is 0.241 e. The second-order valence-corrected chi connectivity index (χ2v) is 7.08. The number of halogens is 1. The van der Waals surface area contributed by atoms with Crippen LogP contribution in [-0.4, -0.2) is 33.5 Å².